The number of benzene rings is 1. The van der Waals surface area contributed by atoms with E-state index in [0.29, 0.717) is 16.7 Å². The van der Waals surface area contributed by atoms with Crippen LogP contribution in [0.1, 0.15) is 12.7 Å². The van der Waals surface area contributed by atoms with Gasteiger partial charge in [0.05, 0.1) is 6.26 Å². The van der Waals surface area contributed by atoms with Crippen molar-refractivity contribution in [2.45, 2.75) is 24.3 Å². The predicted octanol–water partition coefficient (Wildman–Crippen LogP) is 2.67. The van der Waals surface area contributed by atoms with Crippen LogP contribution < -0.4 is 10.5 Å². The molecule has 0 amide bonds. The molecule has 1 unspecified atom stereocenters. The molecule has 5 nitrogen and oxygen atoms in total. The fourth-order valence-corrected chi connectivity index (χ4v) is 3.50. The SMILES string of the molecule is CC(Cc1ccco1)NS(=O)(=O)c1cc(N)c(Br)cc1F. The second kappa shape index (κ2) is 6.17. The van der Waals surface area contributed by atoms with E-state index in [2.05, 4.69) is 20.7 Å². The summed E-state index contributed by atoms with van der Waals surface area (Å²) in [4.78, 5) is -0.477. The molecule has 1 atom stereocenters. The zero-order valence-electron chi connectivity index (χ0n) is 11.1. The van der Waals surface area contributed by atoms with Gasteiger partial charge in [0.2, 0.25) is 10.0 Å². The van der Waals surface area contributed by atoms with E-state index in [1.54, 1.807) is 19.1 Å². The topological polar surface area (TPSA) is 85.3 Å². The maximum absolute atomic E-state index is 13.8. The number of rotatable bonds is 5. The lowest BCUT2D eigenvalue weighted by Crippen LogP contribution is -2.34. The Morgan fingerprint density at radius 3 is 2.81 bits per heavy atom. The fraction of sp³-hybridized carbons (Fsp3) is 0.231. The molecule has 3 N–H and O–H groups in total. The Morgan fingerprint density at radius 2 is 2.19 bits per heavy atom. The van der Waals surface area contributed by atoms with E-state index in [1.807, 2.05) is 0 Å². The fourth-order valence-electron chi connectivity index (χ4n) is 1.85. The molecule has 114 valence electrons. The van der Waals surface area contributed by atoms with E-state index in [1.165, 1.54) is 6.26 Å². The molecule has 0 saturated heterocycles. The van der Waals surface area contributed by atoms with Gasteiger partial charge in [-0.25, -0.2) is 17.5 Å². The van der Waals surface area contributed by atoms with Crippen LogP contribution in [0.4, 0.5) is 10.1 Å². The molecule has 0 radical (unpaired) electrons. The van der Waals surface area contributed by atoms with Gasteiger partial charge in [0.1, 0.15) is 16.5 Å². The highest BCUT2D eigenvalue weighted by Crippen LogP contribution is 2.26. The molecule has 1 aromatic heterocycles. The lowest BCUT2D eigenvalue weighted by Gasteiger charge is -2.14. The Balaban J connectivity index is 2.20. The van der Waals surface area contributed by atoms with Crippen molar-refractivity contribution in [3.8, 4) is 0 Å². The summed E-state index contributed by atoms with van der Waals surface area (Å²) in [6, 6.07) is 5.11. The van der Waals surface area contributed by atoms with E-state index >= 15 is 0 Å². The third-order valence-corrected chi connectivity index (χ3v) is 5.08. The maximum Gasteiger partial charge on any atom is 0.243 e. The van der Waals surface area contributed by atoms with E-state index in [9.17, 15) is 12.8 Å². The lowest BCUT2D eigenvalue weighted by molar-refractivity contribution is 0.478. The Labute approximate surface area is 130 Å². The summed E-state index contributed by atoms with van der Waals surface area (Å²) in [6.07, 6.45) is 1.87. The van der Waals surface area contributed by atoms with Crippen LogP contribution in [0.2, 0.25) is 0 Å². The number of anilines is 1. The summed E-state index contributed by atoms with van der Waals surface area (Å²) >= 11 is 3.04. The number of furan rings is 1. The first-order valence-corrected chi connectivity index (χ1v) is 8.36. The number of nitrogens with two attached hydrogens (primary N) is 1. The van der Waals surface area contributed by atoms with Crippen LogP contribution in [0.15, 0.2) is 44.3 Å². The zero-order valence-corrected chi connectivity index (χ0v) is 13.5. The predicted molar refractivity (Wildman–Crippen MR) is 80.7 cm³/mol. The molecule has 0 aliphatic rings. The normalized spacial score (nSPS) is 13.3. The molecule has 0 fully saturated rings. The molecule has 1 heterocycles. The maximum atomic E-state index is 13.8. The van der Waals surface area contributed by atoms with Gasteiger partial charge in [-0.15, -0.1) is 0 Å². The van der Waals surface area contributed by atoms with E-state index in [-0.39, 0.29) is 5.69 Å². The van der Waals surface area contributed by atoms with Crippen molar-refractivity contribution in [1.29, 1.82) is 0 Å². The van der Waals surface area contributed by atoms with Gasteiger partial charge in [0.25, 0.3) is 0 Å². The van der Waals surface area contributed by atoms with Crippen molar-refractivity contribution in [1.82, 2.24) is 4.72 Å². The number of hydrogen-bond acceptors (Lipinski definition) is 4. The molecular formula is C13H14BrFN2O3S. The van der Waals surface area contributed by atoms with Crippen molar-refractivity contribution in [3.63, 3.8) is 0 Å². The van der Waals surface area contributed by atoms with Crippen molar-refractivity contribution >= 4 is 31.6 Å². The van der Waals surface area contributed by atoms with Crippen LogP contribution >= 0.6 is 15.9 Å². The molecule has 0 saturated carbocycles. The third kappa shape index (κ3) is 3.84. The minimum Gasteiger partial charge on any atom is -0.469 e. The summed E-state index contributed by atoms with van der Waals surface area (Å²) in [6.45, 7) is 1.67. The largest absolute Gasteiger partial charge is 0.469 e. The number of halogens is 2. The summed E-state index contributed by atoms with van der Waals surface area (Å²) in [5.74, 6) is -0.227. The first-order chi connectivity index (χ1) is 9.79. The first-order valence-electron chi connectivity index (χ1n) is 6.09. The van der Waals surface area contributed by atoms with Crippen molar-refractivity contribution in [2.75, 3.05) is 5.73 Å². The van der Waals surface area contributed by atoms with Crippen LogP contribution in [-0.2, 0) is 16.4 Å². The van der Waals surface area contributed by atoms with Gasteiger partial charge in [0.15, 0.2) is 0 Å². The summed E-state index contributed by atoms with van der Waals surface area (Å²) in [5.41, 5.74) is 5.75. The summed E-state index contributed by atoms with van der Waals surface area (Å²) < 4.78 is 46.1. The second-order valence-electron chi connectivity index (χ2n) is 4.61. The van der Waals surface area contributed by atoms with Crippen molar-refractivity contribution in [2.24, 2.45) is 0 Å². The molecule has 2 aromatic rings. The minimum absolute atomic E-state index is 0.149. The first kappa shape index (κ1) is 16.0. The van der Waals surface area contributed by atoms with Crippen LogP contribution in [0, 0.1) is 5.82 Å². The lowest BCUT2D eigenvalue weighted by atomic mass is 10.2. The molecule has 8 heteroatoms. The van der Waals surface area contributed by atoms with Crippen LogP contribution in [0.5, 0.6) is 0 Å². The van der Waals surface area contributed by atoms with Gasteiger partial charge in [0, 0.05) is 22.6 Å². The number of sulfonamides is 1. The van der Waals surface area contributed by atoms with Gasteiger partial charge >= 0.3 is 0 Å². The smallest absolute Gasteiger partial charge is 0.243 e. The Hall–Kier alpha value is -1.38. The average molecular weight is 377 g/mol. The van der Waals surface area contributed by atoms with Crippen LogP contribution in [0.3, 0.4) is 0 Å². The molecule has 21 heavy (non-hydrogen) atoms. The monoisotopic (exact) mass is 376 g/mol. The quantitative estimate of drug-likeness (QED) is 0.785. The van der Waals surface area contributed by atoms with Gasteiger partial charge in [-0.05, 0) is 47.1 Å². The Morgan fingerprint density at radius 1 is 1.48 bits per heavy atom. The number of hydrogen-bond donors (Lipinski definition) is 2. The van der Waals surface area contributed by atoms with Crippen LogP contribution in [0.25, 0.3) is 0 Å². The van der Waals surface area contributed by atoms with E-state index in [4.69, 9.17) is 10.2 Å². The highest BCUT2D eigenvalue weighted by Gasteiger charge is 2.23. The van der Waals surface area contributed by atoms with E-state index in [0.717, 1.165) is 12.1 Å². The van der Waals surface area contributed by atoms with Gasteiger partial charge < -0.3 is 10.2 Å². The highest BCUT2D eigenvalue weighted by molar-refractivity contribution is 9.10. The molecular weight excluding hydrogens is 363 g/mol. The van der Waals surface area contributed by atoms with Crippen molar-refractivity contribution in [3.05, 3.63) is 46.6 Å². The number of nitrogen functional groups attached to an aromatic ring is 1. The van der Waals surface area contributed by atoms with Gasteiger partial charge in [-0.2, -0.15) is 0 Å². The third-order valence-electron chi connectivity index (χ3n) is 2.78. The average Bonchev–Trinajstić information content (AvgIpc) is 2.85. The molecule has 2 rings (SSSR count). The molecule has 0 aliphatic carbocycles. The standard InChI is InChI=1S/C13H14BrFN2O3S/c1-8(5-9-3-2-4-20-9)17-21(18,19)13-7-12(16)10(14)6-11(13)15/h2-4,6-8,17H,5,16H2,1H3. The molecule has 0 spiro atoms. The van der Waals surface area contributed by atoms with Gasteiger partial charge in [-0.3, -0.25) is 0 Å². The zero-order chi connectivity index (χ0) is 15.6. The Bertz CT molecular complexity index is 732. The molecule has 0 bridgehead atoms. The Kier molecular flexibility index (Phi) is 4.70. The van der Waals surface area contributed by atoms with Gasteiger partial charge in [-0.1, -0.05) is 0 Å². The second-order valence-corrected chi connectivity index (χ2v) is 7.15. The molecule has 0 aliphatic heterocycles. The summed E-state index contributed by atoms with van der Waals surface area (Å²) in [7, 11) is -4.00. The number of nitrogens with one attached hydrogen (secondary N) is 1. The van der Waals surface area contributed by atoms with Crippen molar-refractivity contribution < 1.29 is 17.2 Å². The highest BCUT2D eigenvalue weighted by atomic mass is 79.9. The summed E-state index contributed by atoms with van der Waals surface area (Å²) in [5, 5.41) is 0. The van der Waals surface area contributed by atoms with Crippen LogP contribution in [-0.4, -0.2) is 14.5 Å². The minimum atomic E-state index is -4.00. The van der Waals surface area contributed by atoms with E-state index < -0.39 is 26.8 Å². The molecule has 1 aromatic carbocycles.